The van der Waals surface area contributed by atoms with Crippen LogP contribution in [0.2, 0.25) is 0 Å². The zero-order chi connectivity index (χ0) is 8.53. The molecule has 0 aromatic heterocycles. The third-order valence-corrected chi connectivity index (χ3v) is 2.62. The lowest BCUT2D eigenvalue weighted by Crippen LogP contribution is -2.17. The van der Waals surface area contributed by atoms with E-state index in [2.05, 4.69) is 24.4 Å². The van der Waals surface area contributed by atoms with Crippen LogP contribution in [0.15, 0.2) is 0 Å². The summed E-state index contributed by atoms with van der Waals surface area (Å²) in [5.74, 6) is 0. The third-order valence-electron chi connectivity index (χ3n) is 1.74. The maximum atomic E-state index is 2.45. The van der Waals surface area contributed by atoms with Crippen molar-refractivity contribution in [2.24, 2.45) is 0 Å². The van der Waals surface area contributed by atoms with Crippen LogP contribution in [0.4, 0.5) is 0 Å². The molecule has 0 N–H and O–H groups in total. The molecule has 0 bridgehead atoms. The molecule has 68 valence electrons. The van der Waals surface area contributed by atoms with Crippen LogP contribution in [0.25, 0.3) is 0 Å². The van der Waals surface area contributed by atoms with Gasteiger partial charge in [0.2, 0.25) is 0 Å². The van der Waals surface area contributed by atoms with Crippen LogP contribution >= 0.6 is 11.9 Å². The highest BCUT2D eigenvalue weighted by atomic mass is 32.2. The van der Waals surface area contributed by atoms with Gasteiger partial charge in [-0.05, 0) is 19.1 Å². The standard InChI is InChI=1S/C9H21NS/c1-4-6-7-9-10(11-3)8-5-2/h4-9H2,1-3H3. The predicted molar refractivity (Wildman–Crippen MR) is 54.9 cm³/mol. The van der Waals surface area contributed by atoms with Crippen LogP contribution in [-0.4, -0.2) is 23.7 Å². The number of unbranched alkanes of at least 4 members (excludes halogenated alkanes) is 2. The van der Waals surface area contributed by atoms with Gasteiger partial charge in [0.25, 0.3) is 0 Å². The summed E-state index contributed by atoms with van der Waals surface area (Å²) < 4.78 is 2.45. The first-order valence-electron chi connectivity index (χ1n) is 4.64. The Labute approximate surface area is 75.7 Å². The summed E-state index contributed by atoms with van der Waals surface area (Å²) in [6, 6.07) is 0. The van der Waals surface area contributed by atoms with Gasteiger partial charge in [-0.3, -0.25) is 4.31 Å². The van der Waals surface area contributed by atoms with Gasteiger partial charge < -0.3 is 0 Å². The Hall–Kier alpha value is 0.310. The van der Waals surface area contributed by atoms with Crippen molar-refractivity contribution < 1.29 is 0 Å². The molecule has 0 aliphatic rings. The summed E-state index contributed by atoms with van der Waals surface area (Å²) in [5, 5.41) is 0. The fraction of sp³-hybridized carbons (Fsp3) is 1.00. The Morgan fingerprint density at radius 2 is 1.73 bits per heavy atom. The first-order chi connectivity index (χ1) is 5.35. The molecular formula is C9H21NS. The first kappa shape index (κ1) is 11.3. The van der Waals surface area contributed by atoms with Crippen LogP contribution in [-0.2, 0) is 0 Å². The van der Waals surface area contributed by atoms with E-state index >= 15 is 0 Å². The minimum atomic E-state index is 1.24. The average molecular weight is 175 g/mol. The molecule has 0 aromatic rings. The lowest BCUT2D eigenvalue weighted by molar-refractivity contribution is 0.450. The third kappa shape index (κ3) is 6.70. The zero-order valence-corrected chi connectivity index (χ0v) is 8.91. The fourth-order valence-electron chi connectivity index (χ4n) is 1.08. The van der Waals surface area contributed by atoms with E-state index in [0.717, 1.165) is 0 Å². The number of nitrogens with zero attached hydrogens (tertiary/aromatic N) is 1. The highest BCUT2D eigenvalue weighted by molar-refractivity contribution is 7.96. The molecule has 0 radical (unpaired) electrons. The van der Waals surface area contributed by atoms with E-state index in [9.17, 15) is 0 Å². The van der Waals surface area contributed by atoms with Crippen LogP contribution in [0, 0.1) is 0 Å². The van der Waals surface area contributed by atoms with Gasteiger partial charge in [0.1, 0.15) is 0 Å². The minimum Gasteiger partial charge on any atom is -0.251 e. The predicted octanol–water partition coefficient (Wildman–Crippen LogP) is 3.17. The van der Waals surface area contributed by atoms with Crippen LogP contribution in [0.1, 0.15) is 39.5 Å². The maximum absolute atomic E-state index is 2.45. The second-order valence-electron chi connectivity index (χ2n) is 2.82. The summed E-state index contributed by atoms with van der Waals surface area (Å²) in [5.41, 5.74) is 0. The van der Waals surface area contributed by atoms with E-state index in [4.69, 9.17) is 0 Å². The largest absolute Gasteiger partial charge is 0.251 e. The topological polar surface area (TPSA) is 3.24 Å². The van der Waals surface area contributed by atoms with Crippen molar-refractivity contribution in [1.29, 1.82) is 0 Å². The second kappa shape index (κ2) is 8.41. The molecule has 0 fully saturated rings. The summed E-state index contributed by atoms with van der Waals surface area (Å²) in [6.45, 7) is 7.00. The number of hydrogen-bond donors (Lipinski definition) is 0. The van der Waals surface area contributed by atoms with Crippen molar-refractivity contribution >= 4 is 11.9 Å². The van der Waals surface area contributed by atoms with E-state index in [1.165, 1.54) is 38.8 Å². The van der Waals surface area contributed by atoms with Gasteiger partial charge in [-0.2, -0.15) is 0 Å². The maximum Gasteiger partial charge on any atom is 0.00892 e. The zero-order valence-electron chi connectivity index (χ0n) is 8.10. The molecule has 0 aromatic carbocycles. The Balaban J connectivity index is 3.20. The lowest BCUT2D eigenvalue weighted by Gasteiger charge is -2.17. The molecule has 0 unspecified atom stereocenters. The molecule has 0 rings (SSSR count). The number of rotatable bonds is 7. The quantitative estimate of drug-likeness (QED) is 0.432. The normalized spacial score (nSPS) is 10.9. The Morgan fingerprint density at radius 1 is 1.00 bits per heavy atom. The molecule has 0 heterocycles. The number of hydrogen-bond acceptors (Lipinski definition) is 2. The summed E-state index contributed by atoms with van der Waals surface area (Å²) in [4.78, 5) is 0. The van der Waals surface area contributed by atoms with Gasteiger partial charge in [0, 0.05) is 13.1 Å². The summed E-state index contributed by atoms with van der Waals surface area (Å²) in [6.07, 6.45) is 7.50. The molecule has 1 nitrogen and oxygen atoms in total. The van der Waals surface area contributed by atoms with E-state index in [1.807, 2.05) is 11.9 Å². The first-order valence-corrected chi connectivity index (χ1v) is 5.82. The highest BCUT2D eigenvalue weighted by Crippen LogP contribution is 2.08. The van der Waals surface area contributed by atoms with E-state index in [-0.39, 0.29) is 0 Å². The summed E-state index contributed by atoms with van der Waals surface area (Å²) in [7, 11) is 0. The van der Waals surface area contributed by atoms with Crippen molar-refractivity contribution in [1.82, 2.24) is 4.31 Å². The summed E-state index contributed by atoms with van der Waals surface area (Å²) >= 11 is 1.88. The molecule has 2 heteroatoms. The van der Waals surface area contributed by atoms with E-state index in [1.54, 1.807) is 0 Å². The molecule has 0 aliphatic carbocycles. The van der Waals surface area contributed by atoms with E-state index in [0.29, 0.717) is 0 Å². The highest BCUT2D eigenvalue weighted by Gasteiger charge is 1.99. The van der Waals surface area contributed by atoms with Gasteiger partial charge in [0.15, 0.2) is 0 Å². The molecule has 0 saturated heterocycles. The van der Waals surface area contributed by atoms with Gasteiger partial charge in [0.05, 0.1) is 0 Å². The molecule has 0 spiro atoms. The molecule has 11 heavy (non-hydrogen) atoms. The van der Waals surface area contributed by atoms with Gasteiger partial charge in [-0.15, -0.1) is 0 Å². The molecule has 0 aliphatic heterocycles. The monoisotopic (exact) mass is 175 g/mol. The smallest absolute Gasteiger partial charge is 0.00892 e. The Morgan fingerprint density at radius 3 is 2.18 bits per heavy atom. The molecule has 0 saturated carbocycles. The SMILES string of the molecule is CCCCCN(CCC)SC. The van der Waals surface area contributed by atoms with Crippen LogP contribution in [0.3, 0.4) is 0 Å². The van der Waals surface area contributed by atoms with Crippen molar-refractivity contribution in [3.05, 3.63) is 0 Å². The van der Waals surface area contributed by atoms with Crippen LogP contribution < -0.4 is 0 Å². The Bertz CT molecular complexity index is 76.0. The molecular weight excluding hydrogens is 154 g/mol. The van der Waals surface area contributed by atoms with Crippen molar-refractivity contribution in [2.75, 3.05) is 19.3 Å². The molecule has 0 atom stereocenters. The van der Waals surface area contributed by atoms with Crippen molar-refractivity contribution in [3.8, 4) is 0 Å². The van der Waals surface area contributed by atoms with Gasteiger partial charge in [-0.1, -0.05) is 38.6 Å². The van der Waals surface area contributed by atoms with Gasteiger partial charge >= 0.3 is 0 Å². The molecule has 0 amide bonds. The fourth-order valence-corrected chi connectivity index (χ4v) is 1.76. The Kier molecular flexibility index (Phi) is 8.64. The second-order valence-corrected chi connectivity index (χ2v) is 3.70. The van der Waals surface area contributed by atoms with Crippen LogP contribution in [0.5, 0.6) is 0 Å². The average Bonchev–Trinajstić information content (AvgIpc) is 2.03. The van der Waals surface area contributed by atoms with Gasteiger partial charge in [-0.25, -0.2) is 0 Å². The lowest BCUT2D eigenvalue weighted by atomic mass is 10.2. The van der Waals surface area contributed by atoms with E-state index < -0.39 is 0 Å². The minimum absolute atomic E-state index is 1.24. The van der Waals surface area contributed by atoms with Crippen molar-refractivity contribution in [2.45, 2.75) is 39.5 Å². The van der Waals surface area contributed by atoms with Crippen molar-refractivity contribution in [3.63, 3.8) is 0 Å².